The van der Waals surface area contributed by atoms with Crippen LogP contribution in [0, 0.1) is 13.8 Å². The van der Waals surface area contributed by atoms with Gasteiger partial charge in [-0.05, 0) is 37.1 Å². The third-order valence-corrected chi connectivity index (χ3v) is 2.11. The molecule has 5 heteroatoms. The second-order valence-corrected chi connectivity index (χ2v) is 3.51. The number of rotatable bonds is 2. The number of phenolic OH excluding ortho intramolecular Hbond substituents is 1. The van der Waals surface area contributed by atoms with E-state index >= 15 is 0 Å². The van der Waals surface area contributed by atoms with Gasteiger partial charge in [-0.3, -0.25) is 9.27 Å². The maximum atomic E-state index is 10.4. The zero-order valence-corrected chi connectivity index (χ0v) is 8.18. The minimum Gasteiger partial charge on any atom is -0.507 e. The Hall–Kier alpha value is -1.07. The van der Waals surface area contributed by atoms with Crippen molar-refractivity contribution in [2.24, 2.45) is 0 Å². The molecule has 0 amide bonds. The molecule has 0 aliphatic rings. The summed E-state index contributed by atoms with van der Waals surface area (Å²) in [5.74, 6) is 0.217. The van der Waals surface area contributed by atoms with E-state index in [2.05, 4.69) is 4.72 Å². The molecule has 0 heterocycles. The van der Waals surface area contributed by atoms with Crippen LogP contribution in [0.2, 0.25) is 0 Å². The minimum absolute atomic E-state index is 0.217. The molecule has 13 heavy (non-hydrogen) atoms. The lowest BCUT2D eigenvalue weighted by molar-refractivity contribution is 0.467. The van der Waals surface area contributed by atoms with Crippen LogP contribution in [0.1, 0.15) is 11.1 Å². The highest BCUT2D eigenvalue weighted by atomic mass is 32.2. The van der Waals surface area contributed by atoms with Crippen LogP contribution in [0.5, 0.6) is 5.75 Å². The Balaban J connectivity index is 3.06. The highest BCUT2D eigenvalue weighted by Crippen LogP contribution is 2.25. The van der Waals surface area contributed by atoms with Gasteiger partial charge in [0.15, 0.2) is 0 Å². The predicted molar refractivity (Wildman–Crippen MR) is 52.0 cm³/mol. The van der Waals surface area contributed by atoms with Gasteiger partial charge in [-0.1, -0.05) is 0 Å². The van der Waals surface area contributed by atoms with E-state index < -0.39 is 11.3 Å². The van der Waals surface area contributed by atoms with Gasteiger partial charge in [-0.25, -0.2) is 4.21 Å². The molecule has 0 aromatic heterocycles. The van der Waals surface area contributed by atoms with Crippen molar-refractivity contribution in [1.82, 2.24) is 0 Å². The first-order chi connectivity index (χ1) is 6.00. The molecule has 4 nitrogen and oxygen atoms in total. The Morgan fingerprint density at radius 3 is 2.15 bits per heavy atom. The van der Waals surface area contributed by atoms with E-state index in [9.17, 15) is 9.32 Å². The van der Waals surface area contributed by atoms with Crippen molar-refractivity contribution in [2.45, 2.75) is 13.8 Å². The highest BCUT2D eigenvalue weighted by Gasteiger charge is 2.03. The molecular formula is C8H11NO3S. The number of nitrogens with one attached hydrogen (secondary N) is 1. The van der Waals surface area contributed by atoms with Gasteiger partial charge in [0.1, 0.15) is 5.75 Å². The van der Waals surface area contributed by atoms with Gasteiger partial charge in [0.05, 0.1) is 0 Å². The maximum Gasteiger partial charge on any atom is 0.259 e. The van der Waals surface area contributed by atoms with E-state index in [4.69, 9.17) is 4.55 Å². The van der Waals surface area contributed by atoms with E-state index in [0.29, 0.717) is 16.8 Å². The molecule has 0 fully saturated rings. The Morgan fingerprint density at radius 2 is 1.77 bits per heavy atom. The van der Waals surface area contributed by atoms with Gasteiger partial charge in [-0.2, -0.15) is 0 Å². The number of hydrogen-bond acceptors (Lipinski definition) is 2. The van der Waals surface area contributed by atoms with Gasteiger partial charge in [0.2, 0.25) is 0 Å². The molecule has 0 aliphatic carbocycles. The summed E-state index contributed by atoms with van der Waals surface area (Å²) in [4.78, 5) is 0. The lowest BCUT2D eigenvalue weighted by Gasteiger charge is -2.07. The number of aryl methyl sites for hydroxylation is 2. The zero-order valence-electron chi connectivity index (χ0n) is 7.37. The van der Waals surface area contributed by atoms with Crippen LogP contribution >= 0.6 is 0 Å². The van der Waals surface area contributed by atoms with Crippen LogP contribution < -0.4 is 4.72 Å². The topological polar surface area (TPSA) is 69.6 Å². The molecule has 1 atom stereocenters. The largest absolute Gasteiger partial charge is 0.507 e. The van der Waals surface area contributed by atoms with Crippen molar-refractivity contribution < 1.29 is 13.9 Å². The van der Waals surface area contributed by atoms with E-state index in [1.165, 1.54) is 0 Å². The first kappa shape index (κ1) is 10.0. The van der Waals surface area contributed by atoms with Gasteiger partial charge in [-0.15, -0.1) is 0 Å². The Kier molecular flexibility index (Phi) is 2.90. The number of aromatic hydroxyl groups is 1. The van der Waals surface area contributed by atoms with Crippen molar-refractivity contribution in [3.05, 3.63) is 23.3 Å². The van der Waals surface area contributed by atoms with Crippen LogP contribution in [0.25, 0.3) is 0 Å². The maximum absolute atomic E-state index is 10.4. The molecule has 72 valence electrons. The van der Waals surface area contributed by atoms with Crippen molar-refractivity contribution in [3.8, 4) is 5.75 Å². The average molecular weight is 201 g/mol. The summed E-state index contributed by atoms with van der Waals surface area (Å²) >= 11 is -2.07. The second-order valence-electron chi connectivity index (χ2n) is 2.81. The second kappa shape index (κ2) is 3.76. The van der Waals surface area contributed by atoms with E-state index in [0.717, 1.165) is 0 Å². The molecule has 1 rings (SSSR count). The summed E-state index contributed by atoms with van der Waals surface area (Å²) in [6.45, 7) is 3.46. The molecule has 1 unspecified atom stereocenters. The molecule has 0 spiro atoms. The van der Waals surface area contributed by atoms with Crippen molar-refractivity contribution in [2.75, 3.05) is 4.72 Å². The molecule has 0 saturated carbocycles. The van der Waals surface area contributed by atoms with Crippen LogP contribution in [0.15, 0.2) is 12.1 Å². The quantitative estimate of drug-likeness (QED) is 0.502. The average Bonchev–Trinajstić information content (AvgIpc) is 1.98. The molecular weight excluding hydrogens is 190 g/mol. The molecule has 1 aromatic rings. The fourth-order valence-corrected chi connectivity index (χ4v) is 1.44. The fourth-order valence-electron chi connectivity index (χ4n) is 1.12. The fraction of sp³-hybridized carbons (Fsp3) is 0.250. The number of benzene rings is 1. The highest BCUT2D eigenvalue weighted by molar-refractivity contribution is 7.80. The lowest BCUT2D eigenvalue weighted by atomic mass is 10.1. The van der Waals surface area contributed by atoms with Crippen molar-refractivity contribution in [3.63, 3.8) is 0 Å². The standard InChI is InChI=1S/C8H11NO3S/c1-5-3-7(9-13(11)12)4-6(2)8(5)10/h3-4,9-10H,1-2H3,(H,11,12). The third kappa shape index (κ3) is 2.43. The van der Waals surface area contributed by atoms with Crippen LogP contribution in [0.3, 0.4) is 0 Å². The molecule has 0 radical (unpaired) electrons. The summed E-state index contributed by atoms with van der Waals surface area (Å²) in [7, 11) is 0. The minimum atomic E-state index is -2.07. The normalized spacial score (nSPS) is 12.5. The van der Waals surface area contributed by atoms with Gasteiger partial charge in [0.25, 0.3) is 11.3 Å². The van der Waals surface area contributed by atoms with Crippen LogP contribution in [-0.2, 0) is 11.3 Å². The summed E-state index contributed by atoms with van der Waals surface area (Å²) in [6, 6.07) is 3.22. The lowest BCUT2D eigenvalue weighted by Crippen LogP contribution is -2.02. The van der Waals surface area contributed by atoms with E-state index in [1.54, 1.807) is 26.0 Å². The smallest absolute Gasteiger partial charge is 0.259 e. The number of anilines is 1. The monoisotopic (exact) mass is 201 g/mol. The molecule has 0 saturated heterocycles. The van der Waals surface area contributed by atoms with Gasteiger partial charge < -0.3 is 5.11 Å². The Labute approximate surface area is 79.0 Å². The van der Waals surface area contributed by atoms with Crippen molar-refractivity contribution >= 4 is 17.0 Å². The summed E-state index contributed by atoms with van der Waals surface area (Å²) in [6.07, 6.45) is 0. The molecule has 3 N–H and O–H groups in total. The third-order valence-electron chi connectivity index (χ3n) is 1.70. The van der Waals surface area contributed by atoms with E-state index in [1.807, 2.05) is 0 Å². The number of hydrogen-bond donors (Lipinski definition) is 3. The first-order valence-electron chi connectivity index (χ1n) is 3.68. The zero-order chi connectivity index (χ0) is 10.0. The summed E-state index contributed by atoms with van der Waals surface area (Å²) in [5.41, 5.74) is 1.87. The molecule has 1 aromatic carbocycles. The van der Waals surface area contributed by atoms with Crippen molar-refractivity contribution in [1.29, 1.82) is 0 Å². The molecule has 0 bridgehead atoms. The SMILES string of the molecule is Cc1cc(NS(=O)O)cc(C)c1O. The number of phenols is 1. The first-order valence-corrected chi connectivity index (χ1v) is 4.79. The van der Waals surface area contributed by atoms with E-state index in [-0.39, 0.29) is 5.75 Å². The molecule has 0 aliphatic heterocycles. The van der Waals surface area contributed by atoms with Gasteiger partial charge in [0, 0.05) is 5.69 Å². The predicted octanol–water partition coefficient (Wildman–Crippen LogP) is 1.56. The Bertz CT molecular complexity index is 328. The van der Waals surface area contributed by atoms with Gasteiger partial charge >= 0.3 is 0 Å². The summed E-state index contributed by atoms with van der Waals surface area (Å²) < 4.78 is 21.3. The summed E-state index contributed by atoms with van der Waals surface area (Å²) in [5, 5.41) is 9.40. The Morgan fingerprint density at radius 1 is 1.31 bits per heavy atom. The van der Waals surface area contributed by atoms with Crippen LogP contribution in [0.4, 0.5) is 5.69 Å². The van der Waals surface area contributed by atoms with Crippen LogP contribution in [-0.4, -0.2) is 13.9 Å².